The van der Waals surface area contributed by atoms with Crippen molar-refractivity contribution < 1.29 is 4.79 Å². The average Bonchev–Trinajstić information content (AvgIpc) is 2.30. The number of aliphatic imine (C=N–C) groups is 1. The van der Waals surface area contributed by atoms with Crippen LogP contribution in [0.3, 0.4) is 0 Å². The molecule has 1 unspecified atom stereocenters. The smallest absolute Gasteiger partial charge is 0.298 e. The second kappa shape index (κ2) is 1.94. The minimum Gasteiger partial charge on any atom is -0.298 e. The summed E-state index contributed by atoms with van der Waals surface area (Å²) in [4.78, 5) is 16.5. The number of rotatable bonds is 0. The van der Waals surface area contributed by atoms with E-state index >= 15 is 0 Å². The van der Waals surface area contributed by atoms with Gasteiger partial charge in [0, 0.05) is 7.05 Å². The molecular weight excluding hydrogens is 146 g/mol. The van der Waals surface area contributed by atoms with Crippen LogP contribution in [0.1, 0.15) is 0 Å². The Labute approximate surface area is 63.0 Å². The number of carbonyl (C=O) groups is 1. The number of fused-ring (bicyclic) bond motifs is 1. The molecule has 2 rings (SSSR count). The summed E-state index contributed by atoms with van der Waals surface area (Å²) in [5.41, 5.74) is 2.55. The van der Waals surface area contributed by atoms with Crippen LogP contribution < -0.4 is 10.7 Å². The molecule has 1 saturated heterocycles. The molecule has 11 heavy (non-hydrogen) atoms. The molecule has 2 amide bonds. The molecule has 0 spiro atoms. The second-order valence-electron chi connectivity index (χ2n) is 2.32. The third-order valence-corrected chi connectivity index (χ3v) is 1.63. The van der Waals surface area contributed by atoms with Gasteiger partial charge in [-0.1, -0.05) is 0 Å². The molecule has 6 nitrogen and oxygen atoms in total. The summed E-state index contributed by atoms with van der Waals surface area (Å²) in [6.07, 6.45) is 1.20. The van der Waals surface area contributed by atoms with E-state index in [0.29, 0.717) is 5.84 Å². The molecule has 2 aliphatic heterocycles. The average molecular weight is 153 g/mol. The van der Waals surface area contributed by atoms with E-state index in [2.05, 4.69) is 20.8 Å². The number of likely N-dealkylation sites (N-methyl/N-ethyl adjacent to an activating group) is 1. The fourth-order valence-corrected chi connectivity index (χ4v) is 1.02. The number of amidine groups is 1. The fourth-order valence-electron chi connectivity index (χ4n) is 1.02. The zero-order chi connectivity index (χ0) is 7.84. The first-order valence-corrected chi connectivity index (χ1v) is 3.17. The molecule has 0 radical (unpaired) electrons. The maximum atomic E-state index is 11.0. The topological polar surface area (TPSA) is 69.1 Å². The Hall–Kier alpha value is -1.59. The van der Waals surface area contributed by atoms with Crippen LogP contribution in [0.15, 0.2) is 10.1 Å². The van der Waals surface area contributed by atoms with Gasteiger partial charge in [-0.25, -0.2) is 9.79 Å². The maximum Gasteiger partial charge on any atom is 0.324 e. The van der Waals surface area contributed by atoms with Crippen LogP contribution in [0.2, 0.25) is 0 Å². The van der Waals surface area contributed by atoms with Gasteiger partial charge >= 0.3 is 6.03 Å². The van der Waals surface area contributed by atoms with Gasteiger partial charge in [0.2, 0.25) is 0 Å². The van der Waals surface area contributed by atoms with Crippen molar-refractivity contribution >= 4 is 18.2 Å². The predicted molar refractivity (Wildman–Crippen MR) is 39.1 cm³/mol. The van der Waals surface area contributed by atoms with Crippen molar-refractivity contribution in [2.45, 2.75) is 6.17 Å². The molecule has 2 heterocycles. The summed E-state index contributed by atoms with van der Waals surface area (Å²) in [6, 6.07) is -0.172. The van der Waals surface area contributed by atoms with Crippen LogP contribution in [0.25, 0.3) is 0 Å². The molecule has 6 heteroatoms. The monoisotopic (exact) mass is 153 g/mol. The summed E-state index contributed by atoms with van der Waals surface area (Å²) < 4.78 is 0. The van der Waals surface area contributed by atoms with E-state index in [1.54, 1.807) is 7.05 Å². The standard InChI is InChI=1S/C5H7N5O/c1-10-4-3(8-5(10)11)9-7-2-6-4/h2,4H,1H3,(H,6,7)(H,8,9,11). The molecule has 2 aliphatic rings. The molecule has 1 fully saturated rings. The first-order chi connectivity index (χ1) is 5.29. The van der Waals surface area contributed by atoms with E-state index in [1.165, 1.54) is 11.2 Å². The molecule has 1 atom stereocenters. The number of amides is 2. The number of hydrazone groups is 1. The largest absolute Gasteiger partial charge is 0.324 e. The lowest BCUT2D eigenvalue weighted by Gasteiger charge is -2.14. The summed E-state index contributed by atoms with van der Waals surface area (Å²) in [5, 5.41) is 6.40. The van der Waals surface area contributed by atoms with Crippen molar-refractivity contribution in [3.63, 3.8) is 0 Å². The van der Waals surface area contributed by atoms with Crippen molar-refractivity contribution in [2.24, 2.45) is 10.1 Å². The number of urea groups is 1. The van der Waals surface area contributed by atoms with E-state index in [4.69, 9.17) is 0 Å². The van der Waals surface area contributed by atoms with E-state index in [-0.39, 0.29) is 12.2 Å². The van der Waals surface area contributed by atoms with Gasteiger partial charge in [-0.2, -0.15) is 5.10 Å². The highest BCUT2D eigenvalue weighted by Gasteiger charge is 2.34. The lowest BCUT2D eigenvalue weighted by Crippen LogP contribution is -2.33. The number of nitrogens with one attached hydrogen (secondary N) is 2. The Morgan fingerprint density at radius 3 is 3.27 bits per heavy atom. The summed E-state index contributed by atoms with van der Waals surface area (Å²) in [5.74, 6) is 0.556. The Kier molecular flexibility index (Phi) is 1.09. The molecule has 0 aromatic rings. The first-order valence-electron chi connectivity index (χ1n) is 3.17. The number of hydrogen-bond donors (Lipinski definition) is 2. The van der Waals surface area contributed by atoms with Crippen LogP contribution in [-0.2, 0) is 0 Å². The fraction of sp³-hybridized carbons (Fsp3) is 0.400. The van der Waals surface area contributed by atoms with Crippen LogP contribution in [0.4, 0.5) is 4.79 Å². The highest BCUT2D eigenvalue weighted by Crippen LogP contribution is 2.08. The van der Waals surface area contributed by atoms with Crippen molar-refractivity contribution in [3.05, 3.63) is 0 Å². The number of hydrogen-bond acceptors (Lipinski definition) is 4. The van der Waals surface area contributed by atoms with Crippen molar-refractivity contribution in [3.8, 4) is 0 Å². The number of carbonyl (C=O) groups excluding carboxylic acids is 1. The van der Waals surface area contributed by atoms with Gasteiger partial charge in [0.25, 0.3) is 0 Å². The SMILES string of the molecule is CN1C(=O)NC2=NNC=NC21. The third kappa shape index (κ3) is 0.754. The lowest BCUT2D eigenvalue weighted by molar-refractivity contribution is 0.218. The predicted octanol–water partition coefficient (Wildman–Crippen LogP) is -1.09. The zero-order valence-electron chi connectivity index (χ0n) is 5.90. The van der Waals surface area contributed by atoms with Gasteiger partial charge in [0.05, 0.1) is 0 Å². The molecule has 0 aliphatic carbocycles. The van der Waals surface area contributed by atoms with Gasteiger partial charge in [-0.05, 0) is 0 Å². The first kappa shape index (κ1) is 6.14. The summed E-state index contributed by atoms with van der Waals surface area (Å²) >= 11 is 0. The Balaban J connectivity index is 2.32. The molecule has 0 saturated carbocycles. The minimum absolute atomic E-state index is 0.172. The second-order valence-corrected chi connectivity index (χ2v) is 2.32. The summed E-state index contributed by atoms with van der Waals surface area (Å²) in [7, 11) is 1.67. The summed E-state index contributed by atoms with van der Waals surface area (Å²) in [6.45, 7) is 0. The highest BCUT2D eigenvalue weighted by molar-refractivity contribution is 6.07. The van der Waals surface area contributed by atoms with Gasteiger partial charge in [-0.3, -0.25) is 15.6 Å². The van der Waals surface area contributed by atoms with E-state index in [1.807, 2.05) is 0 Å². The van der Waals surface area contributed by atoms with E-state index < -0.39 is 0 Å². The molecular formula is C5H7N5O. The lowest BCUT2D eigenvalue weighted by atomic mass is 10.4. The quantitative estimate of drug-likeness (QED) is 0.464. The maximum absolute atomic E-state index is 11.0. The van der Waals surface area contributed by atoms with E-state index in [9.17, 15) is 4.79 Å². The third-order valence-electron chi connectivity index (χ3n) is 1.63. The van der Waals surface area contributed by atoms with Gasteiger partial charge in [0.1, 0.15) is 6.34 Å². The minimum atomic E-state index is -0.260. The van der Waals surface area contributed by atoms with Crippen molar-refractivity contribution in [2.75, 3.05) is 7.05 Å². The Bertz CT molecular complexity index is 258. The molecule has 0 aromatic carbocycles. The normalized spacial score (nSPS) is 27.4. The molecule has 2 N–H and O–H groups in total. The van der Waals surface area contributed by atoms with Crippen LogP contribution in [0, 0.1) is 0 Å². The Morgan fingerprint density at radius 1 is 1.73 bits per heavy atom. The van der Waals surface area contributed by atoms with Gasteiger partial charge < -0.3 is 0 Å². The van der Waals surface area contributed by atoms with Crippen LogP contribution in [-0.4, -0.2) is 36.3 Å². The van der Waals surface area contributed by atoms with Crippen LogP contribution in [0.5, 0.6) is 0 Å². The van der Waals surface area contributed by atoms with Gasteiger partial charge in [-0.15, -0.1) is 0 Å². The van der Waals surface area contributed by atoms with Crippen molar-refractivity contribution in [1.29, 1.82) is 0 Å². The van der Waals surface area contributed by atoms with Gasteiger partial charge in [0.15, 0.2) is 12.0 Å². The zero-order valence-corrected chi connectivity index (χ0v) is 5.90. The molecule has 0 bridgehead atoms. The Morgan fingerprint density at radius 2 is 2.55 bits per heavy atom. The van der Waals surface area contributed by atoms with Crippen molar-refractivity contribution in [1.82, 2.24) is 15.6 Å². The molecule has 58 valence electrons. The van der Waals surface area contributed by atoms with Crippen LogP contribution >= 0.6 is 0 Å². The number of nitrogens with zero attached hydrogens (tertiary/aromatic N) is 3. The highest BCUT2D eigenvalue weighted by atomic mass is 16.2. The van der Waals surface area contributed by atoms with E-state index in [0.717, 1.165) is 0 Å². The molecule has 0 aromatic heterocycles.